The van der Waals surface area contributed by atoms with Crippen LogP contribution >= 0.6 is 0 Å². The first-order valence-electron chi connectivity index (χ1n) is 11.6. The number of aromatic hydroxyl groups is 1. The minimum atomic E-state index is -1.04. The van der Waals surface area contributed by atoms with E-state index in [0.29, 0.717) is 17.5 Å². The third kappa shape index (κ3) is 3.88. The maximum Gasteiger partial charge on any atom is 0.323 e. The number of rotatable bonds is 6. The summed E-state index contributed by atoms with van der Waals surface area (Å²) in [6.07, 6.45) is 0.700. The van der Waals surface area contributed by atoms with Crippen LogP contribution in [0.2, 0.25) is 0 Å². The van der Waals surface area contributed by atoms with Crippen molar-refractivity contribution in [3.63, 3.8) is 0 Å². The number of nitrogens with zero attached hydrogens (tertiary/aromatic N) is 2. The fourth-order valence-corrected chi connectivity index (χ4v) is 4.74. The van der Waals surface area contributed by atoms with Crippen LogP contribution in [0.5, 0.6) is 6.01 Å². The number of aromatic nitrogens is 2. The van der Waals surface area contributed by atoms with Crippen molar-refractivity contribution in [2.75, 3.05) is 0 Å². The summed E-state index contributed by atoms with van der Waals surface area (Å²) in [6, 6.07) is 31.9. The average Bonchev–Trinajstić information content (AvgIpc) is 3.40. The summed E-state index contributed by atoms with van der Waals surface area (Å²) < 4.78 is 7.57. The van der Waals surface area contributed by atoms with Crippen LogP contribution in [0.15, 0.2) is 101 Å². The molecule has 4 aromatic carbocycles. The SMILES string of the molecule is O=C(O)Cn1c(O)nc2cc(-c3ccc(-c4c(Cc5ccccc5)oc5ccccc45)cc3)ccc21. The van der Waals surface area contributed by atoms with Gasteiger partial charge in [0.25, 0.3) is 6.01 Å². The van der Waals surface area contributed by atoms with Gasteiger partial charge in [-0.15, -0.1) is 0 Å². The van der Waals surface area contributed by atoms with Crippen LogP contribution in [0.25, 0.3) is 44.3 Å². The van der Waals surface area contributed by atoms with Crippen LogP contribution in [0, 0.1) is 0 Å². The lowest BCUT2D eigenvalue weighted by molar-refractivity contribution is -0.137. The van der Waals surface area contributed by atoms with Gasteiger partial charge in [-0.3, -0.25) is 9.36 Å². The Balaban J connectivity index is 1.38. The van der Waals surface area contributed by atoms with E-state index in [1.54, 1.807) is 6.07 Å². The van der Waals surface area contributed by atoms with Gasteiger partial charge in [0.1, 0.15) is 17.9 Å². The number of carboxylic acids is 1. The molecule has 0 saturated heterocycles. The van der Waals surface area contributed by atoms with E-state index in [4.69, 9.17) is 9.52 Å². The lowest BCUT2D eigenvalue weighted by atomic mass is 9.96. The maximum absolute atomic E-state index is 11.1. The summed E-state index contributed by atoms with van der Waals surface area (Å²) in [5.41, 5.74) is 7.25. The first-order valence-corrected chi connectivity index (χ1v) is 11.6. The third-order valence-electron chi connectivity index (χ3n) is 6.40. The molecule has 0 radical (unpaired) electrons. The molecule has 6 heteroatoms. The molecule has 0 aliphatic carbocycles. The van der Waals surface area contributed by atoms with E-state index >= 15 is 0 Å². The number of fused-ring (bicyclic) bond motifs is 2. The molecule has 0 aliphatic rings. The van der Waals surface area contributed by atoms with Crippen molar-refractivity contribution in [3.8, 4) is 28.3 Å². The van der Waals surface area contributed by atoms with Crippen molar-refractivity contribution in [3.05, 3.63) is 108 Å². The van der Waals surface area contributed by atoms with Crippen molar-refractivity contribution in [1.82, 2.24) is 9.55 Å². The normalized spacial score (nSPS) is 11.3. The number of carbonyl (C=O) groups is 1. The minimum Gasteiger partial charge on any atom is -0.480 e. The van der Waals surface area contributed by atoms with Crippen molar-refractivity contribution < 1.29 is 19.4 Å². The molecular weight excluding hydrogens is 452 g/mol. The molecule has 176 valence electrons. The Morgan fingerprint density at radius 2 is 1.53 bits per heavy atom. The standard InChI is InChI=1S/C30H22N2O4/c33-28(34)18-32-25-15-14-22(17-24(25)31-30(32)35)20-10-12-21(13-11-20)29-23-8-4-5-9-26(23)36-27(29)16-19-6-2-1-3-7-19/h1-15,17H,16,18H2,(H,31,35)(H,33,34). The summed E-state index contributed by atoms with van der Waals surface area (Å²) in [5, 5.41) is 20.3. The summed E-state index contributed by atoms with van der Waals surface area (Å²) in [7, 11) is 0. The monoisotopic (exact) mass is 474 g/mol. The van der Waals surface area contributed by atoms with Crippen LogP contribution in [-0.4, -0.2) is 25.7 Å². The Morgan fingerprint density at radius 3 is 2.31 bits per heavy atom. The van der Waals surface area contributed by atoms with Crippen LogP contribution in [-0.2, 0) is 17.8 Å². The number of para-hydroxylation sites is 1. The van der Waals surface area contributed by atoms with E-state index < -0.39 is 5.97 Å². The van der Waals surface area contributed by atoms with Crippen LogP contribution in [0.1, 0.15) is 11.3 Å². The highest BCUT2D eigenvalue weighted by Crippen LogP contribution is 2.37. The quantitative estimate of drug-likeness (QED) is 0.288. The Hall–Kier alpha value is -4.84. The molecule has 6 aromatic rings. The Bertz CT molecular complexity index is 1710. The van der Waals surface area contributed by atoms with Gasteiger partial charge in [-0.25, -0.2) is 0 Å². The van der Waals surface area contributed by atoms with Gasteiger partial charge in [-0.2, -0.15) is 4.98 Å². The molecular formula is C30H22N2O4. The van der Waals surface area contributed by atoms with Crippen molar-refractivity contribution >= 4 is 28.0 Å². The van der Waals surface area contributed by atoms with Gasteiger partial charge in [-0.05, 0) is 40.5 Å². The number of carboxylic acid groups (broad SMARTS) is 1. The van der Waals surface area contributed by atoms with E-state index in [2.05, 4.69) is 47.4 Å². The average molecular weight is 475 g/mol. The van der Waals surface area contributed by atoms with E-state index in [1.807, 2.05) is 48.5 Å². The molecule has 0 spiro atoms. The largest absolute Gasteiger partial charge is 0.480 e. The molecule has 0 amide bonds. The molecule has 0 atom stereocenters. The highest BCUT2D eigenvalue weighted by Gasteiger charge is 2.17. The van der Waals surface area contributed by atoms with Gasteiger partial charge in [0, 0.05) is 17.4 Å². The van der Waals surface area contributed by atoms with E-state index in [9.17, 15) is 9.90 Å². The van der Waals surface area contributed by atoms with Crippen LogP contribution in [0.3, 0.4) is 0 Å². The molecule has 0 aliphatic heterocycles. The Morgan fingerprint density at radius 1 is 0.833 bits per heavy atom. The third-order valence-corrected chi connectivity index (χ3v) is 6.40. The summed E-state index contributed by atoms with van der Waals surface area (Å²) in [4.78, 5) is 15.3. The number of benzene rings is 4. The zero-order chi connectivity index (χ0) is 24.6. The second kappa shape index (κ2) is 8.74. The molecule has 6 nitrogen and oxygen atoms in total. The fraction of sp³-hybridized carbons (Fsp3) is 0.0667. The number of imidazole rings is 1. The molecule has 0 unspecified atom stereocenters. The fourth-order valence-electron chi connectivity index (χ4n) is 4.74. The highest BCUT2D eigenvalue weighted by atomic mass is 16.4. The Kier molecular flexibility index (Phi) is 5.26. The highest BCUT2D eigenvalue weighted by molar-refractivity contribution is 5.96. The van der Waals surface area contributed by atoms with Crippen molar-refractivity contribution in [2.24, 2.45) is 0 Å². The lowest BCUT2D eigenvalue weighted by Gasteiger charge is -2.07. The zero-order valence-electron chi connectivity index (χ0n) is 19.3. The molecule has 0 bridgehead atoms. The Labute approximate surface area is 206 Å². The summed E-state index contributed by atoms with van der Waals surface area (Å²) in [5.74, 6) is -0.112. The van der Waals surface area contributed by atoms with Crippen LogP contribution in [0.4, 0.5) is 0 Å². The predicted octanol–water partition coefficient (Wildman–Crippen LogP) is 6.50. The topological polar surface area (TPSA) is 88.5 Å². The van der Waals surface area contributed by atoms with Gasteiger partial charge in [0.05, 0.1) is 11.0 Å². The number of furan rings is 1. The first-order chi connectivity index (χ1) is 17.6. The number of hydrogen-bond acceptors (Lipinski definition) is 4. The molecule has 2 aromatic heterocycles. The lowest BCUT2D eigenvalue weighted by Crippen LogP contribution is -2.07. The minimum absolute atomic E-state index is 0.308. The number of aliphatic carboxylic acids is 1. The van der Waals surface area contributed by atoms with Gasteiger partial charge in [0.15, 0.2) is 0 Å². The van der Waals surface area contributed by atoms with Crippen LogP contribution < -0.4 is 0 Å². The van der Waals surface area contributed by atoms with Gasteiger partial charge in [-0.1, -0.05) is 78.9 Å². The molecule has 0 fully saturated rings. The van der Waals surface area contributed by atoms with E-state index in [0.717, 1.165) is 39.0 Å². The second-order valence-electron chi connectivity index (χ2n) is 8.73. The first kappa shape index (κ1) is 21.7. The number of hydrogen-bond donors (Lipinski definition) is 2. The van der Waals surface area contributed by atoms with E-state index in [1.165, 1.54) is 10.1 Å². The van der Waals surface area contributed by atoms with Gasteiger partial charge in [0.2, 0.25) is 0 Å². The summed E-state index contributed by atoms with van der Waals surface area (Å²) in [6.45, 7) is -0.347. The smallest absolute Gasteiger partial charge is 0.323 e. The van der Waals surface area contributed by atoms with Gasteiger partial charge < -0.3 is 14.6 Å². The molecule has 0 saturated carbocycles. The van der Waals surface area contributed by atoms with E-state index in [-0.39, 0.29) is 12.6 Å². The maximum atomic E-state index is 11.1. The molecule has 6 rings (SSSR count). The summed E-state index contributed by atoms with van der Waals surface area (Å²) >= 11 is 0. The second-order valence-corrected chi connectivity index (χ2v) is 8.73. The molecule has 36 heavy (non-hydrogen) atoms. The molecule has 2 N–H and O–H groups in total. The molecule has 2 heterocycles. The van der Waals surface area contributed by atoms with Gasteiger partial charge >= 0.3 is 5.97 Å². The van der Waals surface area contributed by atoms with Crippen molar-refractivity contribution in [1.29, 1.82) is 0 Å². The van der Waals surface area contributed by atoms with Crippen molar-refractivity contribution in [2.45, 2.75) is 13.0 Å². The zero-order valence-corrected chi connectivity index (χ0v) is 19.3. The predicted molar refractivity (Wildman–Crippen MR) is 139 cm³/mol.